The van der Waals surface area contributed by atoms with Gasteiger partial charge in [-0.15, -0.1) is 0 Å². The fourth-order valence-electron chi connectivity index (χ4n) is 3.01. The lowest BCUT2D eigenvalue weighted by Gasteiger charge is -2.13. The van der Waals surface area contributed by atoms with Gasteiger partial charge in [0.1, 0.15) is 4.88 Å². The Bertz CT molecular complexity index is 1190. The average molecular weight is 431 g/mol. The number of hydrogen-bond acceptors (Lipinski definition) is 4. The van der Waals surface area contributed by atoms with Crippen molar-refractivity contribution in [1.29, 1.82) is 5.26 Å². The number of carbonyl (C=O) groups is 1. The van der Waals surface area contributed by atoms with E-state index >= 15 is 0 Å². The first-order chi connectivity index (χ1) is 14.2. The van der Waals surface area contributed by atoms with Crippen LogP contribution < -0.4 is 10.2 Å². The fraction of sp³-hybridized carbons (Fsp3) is 0.190. The highest BCUT2D eigenvalue weighted by atomic mass is 32.1. The summed E-state index contributed by atoms with van der Waals surface area (Å²) in [6.07, 6.45) is -4.53. The highest BCUT2D eigenvalue weighted by Gasteiger charge is 2.33. The zero-order valence-electron chi connectivity index (χ0n) is 15.8. The zero-order valence-corrected chi connectivity index (χ0v) is 16.6. The fourth-order valence-corrected chi connectivity index (χ4v) is 3.92. The molecule has 0 saturated carbocycles. The minimum absolute atomic E-state index is 0.0641. The van der Waals surface area contributed by atoms with Crippen molar-refractivity contribution < 1.29 is 18.0 Å². The minimum atomic E-state index is -4.53. The van der Waals surface area contributed by atoms with Crippen LogP contribution >= 0.6 is 11.3 Å². The minimum Gasteiger partial charge on any atom is -0.347 e. The molecule has 30 heavy (non-hydrogen) atoms. The van der Waals surface area contributed by atoms with E-state index in [2.05, 4.69) is 11.4 Å². The lowest BCUT2D eigenvalue weighted by atomic mass is 10.1. The van der Waals surface area contributed by atoms with Gasteiger partial charge in [0, 0.05) is 12.2 Å². The molecule has 1 N–H and O–H groups in total. The molecule has 0 aliphatic rings. The molecule has 0 saturated heterocycles. The van der Waals surface area contributed by atoms with Crippen molar-refractivity contribution in [2.24, 2.45) is 0 Å². The normalized spacial score (nSPS) is 11.2. The van der Waals surface area contributed by atoms with Crippen LogP contribution in [0.1, 0.15) is 37.6 Å². The molecule has 0 unspecified atom stereocenters. The van der Waals surface area contributed by atoms with Crippen LogP contribution in [0.4, 0.5) is 13.2 Å². The summed E-state index contributed by atoms with van der Waals surface area (Å²) in [5, 5.41) is 11.7. The summed E-state index contributed by atoms with van der Waals surface area (Å²) in [6.45, 7) is 1.39. The lowest BCUT2D eigenvalue weighted by molar-refractivity contribution is -0.138. The molecule has 9 heteroatoms. The molecule has 0 fully saturated rings. The summed E-state index contributed by atoms with van der Waals surface area (Å²) in [4.78, 5) is 24.7. The number of amides is 1. The number of alkyl halides is 3. The van der Waals surface area contributed by atoms with E-state index in [-0.39, 0.29) is 28.4 Å². The first kappa shape index (κ1) is 21.3. The molecule has 3 rings (SSSR count). The van der Waals surface area contributed by atoms with E-state index < -0.39 is 17.6 Å². The highest BCUT2D eigenvalue weighted by molar-refractivity contribution is 7.11. The summed E-state index contributed by atoms with van der Waals surface area (Å²) >= 11 is 0.717. The number of benzene rings is 2. The smallest absolute Gasteiger partial charge is 0.347 e. The van der Waals surface area contributed by atoms with Gasteiger partial charge in [-0.1, -0.05) is 47.7 Å². The summed E-state index contributed by atoms with van der Waals surface area (Å²) in [7, 11) is 0. The molecule has 0 radical (unpaired) electrons. The molecule has 5 nitrogen and oxygen atoms in total. The first-order valence-electron chi connectivity index (χ1n) is 8.84. The van der Waals surface area contributed by atoms with Crippen molar-refractivity contribution >= 4 is 17.2 Å². The van der Waals surface area contributed by atoms with E-state index in [1.54, 1.807) is 31.2 Å². The van der Waals surface area contributed by atoms with E-state index in [4.69, 9.17) is 0 Å². The molecular weight excluding hydrogens is 415 g/mol. The van der Waals surface area contributed by atoms with Gasteiger partial charge in [0.15, 0.2) is 0 Å². The third kappa shape index (κ3) is 4.44. The van der Waals surface area contributed by atoms with Crippen molar-refractivity contribution in [2.45, 2.75) is 26.2 Å². The zero-order chi connectivity index (χ0) is 21.9. The summed E-state index contributed by atoms with van der Waals surface area (Å²) < 4.78 is 40.7. The predicted octanol–water partition coefficient (Wildman–Crippen LogP) is 4.09. The number of rotatable bonds is 5. The molecule has 154 valence electrons. The topological polar surface area (TPSA) is 74.9 Å². The van der Waals surface area contributed by atoms with Crippen molar-refractivity contribution in [3.8, 4) is 6.07 Å². The van der Waals surface area contributed by atoms with E-state index in [0.717, 1.165) is 6.07 Å². The maximum absolute atomic E-state index is 13.1. The molecule has 1 amide bonds. The molecule has 0 aliphatic carbocycles. The number of nitrogens with zero attached hydrogens (tertiary/aromatic N) is 2. The van der Waals surface area contributed by atoms with E-state index in [9.17, 15) is 28.0 Å². The molecule has 0 atom stereocenters. The molecule has 3 aromatic rings. The van der Waals surface area contributed by atoms with Gasteiger partial charge < -0.3 is 5.32 Å². The average Bonchev–Trinajstić information content (AvgIpc) is 3.00. The monoisotopic (exact) mass is 431 g/mol. The number of nitriles is 1. The molecule has 1 aromatic heterocycles. The van der Waals surface area contributed by atoms with E-state index in [0.29, 0.717) is 28.2 Å². The third-order valence-electron chi connectivity index (χ3n) is 4.58. The molecule has 0 bridgehead atoms. The Kier molecular flexibility index (Phi) is 6.08. The Labute approximate surface area is 174 Å². The van der Waals surface area contributed by atoms with Crippen LogP contribution in [0.25, 0.3) is 0 Å². The number of carbonyl (C=O) groups excluding carboxylic acids is 1. The largest absolute Gasteiger partial charge is 0.416 e. The van der Waals surface area contributed by atoms with Gasteiger partial charge in [-0.05, 0) is 30.2 Å². The van der Waals surface area contributed by atoms with Gasteiger partial charge in [-0.25, -0.2) is 0 Å². The van der Waals surface area contributed by atoms with Crippen LogP contribution in [0, 0.1) is 18.3 Å². The van der Waals surface area contributed by atoms with Gasteiger partial charge in [0.05, 0.1) is 23.7 Å². The highest BCUT2D eigenvalue weighted by Crippen LogP contribution is 2.31. The van der Waals surface area contributed by atoms with Gasteiger partial charge >= 0.3 is 11.0 Å². The maximum Gasteiger partial charge on any atom is 0.416 e. The first-order valence-corrected chi connectivity index (χ1v) is 9.65. The molecule has 2 aromatic carbocycles. The molecule has 0 aliphatic heterocycles. The van der Waals surface area contributed by atoms with E-state index in [1.807, 2.05) is 0 Å². The lowest BCUT2D eigenvalue weighted by Crippen LogP contribution is -2.24. The number of aromatic nitrogens is 1. The van der Waals surface area contributed by atoms with Crippen LogP contribution in [-0.4, -0.2) is 10.5 Å². The number of halogens is 3. The number of nitrogens with one attached hydrogen (secondary N) is 1. The Balaban J connectivity index is 1.81. The second-order valence-corrected chi connectivity index (χ2v) is 7.44. The SMILES string of the molecule is Cc1c(C(=O)NCc2ccccc2C(F)(F)F)sc(=O)n1Cc1ccccc1C#N. The number of hydrogen-bond donors (Lipinski definition) is 1. The van der Waals surface area contributed by atoms with Gasteiger partial charge in [0.2, 0.25) is 0 Å². The van der Waals surface area contributed by atoms with Gasteiger partial charge in [-0.3, -0.25) is 14.2 Å². The van der Waals surface area contributed by atoms with Crippen molar-refractivity contribution in [1.82, 2.24) is 9.88 Å². The summed E-state index contributed by atoms with van der Waals surface area (Å²) in [6, 6.07) is 13.9. The van der Waals surface area contributed by atoms with Crippen LogP contribution in [0.15, 0.2) is 53.3 Å². The van der Waals surface area contributed by atoms with Crippen LogP contribution in [-0.2, 0) is 19.3 Å². The standard InChI is InChI=1S/C21H16F3N3O2S/c1-13-18(19(28)26-11-15-7-4-5-9-17(15)21(22,23)24)30-20(29)27(13)12-16-8-3-2-6-14(16)10-25/h2-9H,11-12H2,1H3,(H,26,28). The quantitative estimate of drug-likeness (QED) is 0.661. The summed E-state index contributed by atoms with van der Waals surface area (Å²) in [5.41, 5.74) is 0.560. The molecule has 0 spiro atoms. The maximum atomic E-state index is 13.1. The second kappa shape index (κ2) is 8.55. The van der Waals surface area contributed by atoms with Gasteiger partial charge in [-0.2, -0.15) is 18.4 Å². The Morgan fingerprint density at radius 3 is 2.43 bits per heavy atom. The van der Waals surface area contributed by atoms with Gasteiger partial charge in [0.25, 0.3) is 5.91 Å². The van der Waals surface area contributed by atoms with E-state index in [1.165, 1.54) is 22.8 Å². The Hall–Kier alpha value is -3.38. The Morgan fingerprint density at radius 1 is 1.13 bits per heavy atom. The third-order valence-corrected chi connectivity index (χ3v) is 5.66. The van der Waals surface area contributed by atoms with Crippen LogP contribution in [0.2, 0.25) is 0 Å². The second-order valence-electron chi connectivity index (χ2n) is 6.48. The van der Waals surface area contributed by atoms with Crippen molar-refractivity contribution in [3.05, 3.63) is 91.0 Å². The van der Waals surface area contributed by atoms with Crippen LogP contribution in [0.5, 0.6) is 0 Å². The summed E-state index contributed by atoms with van der Waals surface area (Å²) in [5.74, 6) is -0.626. The Morgan fingerprint density at radius 2 is 1.77 bits per heavy atom. The van der Waals surface area contributed by atoms with Crippen molar-refractivity contribution in [2.75, 3.05) is 0 Å². The van der Waals surface area contributed by atoms with Crippen LogP contribution in [0.3, 0.4) is 0 Å². The molecule has 1 heterocycles. The predicted molar refractivity (Wildman–Crippen MR) is 106 cm³/mol. The number of thiazole rings is 1. The van der Waals surface area contributed by atoms with Crippen molar-refractivity contribution in [3.63, 3.8) is 0 Å². The molecular formula is C21H16F3N3O2S.